The minimum atomic E-state index is 0.629. The molecular weight excluding hydrogens is 264 g/mol. The molecule has 0 bridgehead atoms. The molecule has 4 nitrogen and oxygen atoms in total. The Hall–Kier alpha value is -1.26. The van der Waals surface area contributed by atoms with E-state index in [0.29, 0.717) is 6.04 Å². The summed E-state index contributed by atoms with van der Waals surface area (Å²) in [6.45, 7) is 7.53. The summed E-state index contributed by atoms with van der Waals surface area (Å²) in [4.78, 5) is 2.38. The molecule has 0 fully saturated rings. The van der Waals surface area contributed by atoms with Gasteiger partial charge in [-0.15, -0.1) is 0 Å². The van der Waals surface area contributed by atoms with Crippen LogP contribution >= 0.6 is 0 Å². The zero-order valence-electron chi connectivity index (χ0n) is 14.1. The maximum absolute atomic E-state index is 5.31. The van der Waals surface area contributed by atoms with E-state index in [-0.39, 0.29) is 0 Å². The van der Waals surface area contributed by atoms with Gasteiger partial charge in [0.2, 0.25) is 0 Å². The van der Waals surface area contributed by atoms with Crippen LogP contribution in [0.4, 0.5) is 0 Å². The Morgan fingerprint density at radius 1 is 1.10 bits per heavy atom. The van der Waals surface area contributed by atoms with E-state index in [2.05, 4.69) is 37.2 Å². The zero-order valence-corrected chi connectivity index (χ0v) is 14.1. The van der Waals surface area contributed by atoms with Gasteiger partial charge < -0.3 is 19.7 Å². The standard InChI is InChI=1S/C17H30N2O2/c1-14(2)19(3)11-7-6-10-18-13-15-8-9-16(20-4)17(12-15)21-5/h8-9,12,14,18H,6-7,10-11,13H2,1-5H3. The number of nitrogens with one attached hydrogen (secondary N) is 1. The van der Waals surface area contributed by atoms with E-state index in [4.69, 9.17) is 9.47 Å². The average molecular weight is 294 g/mol. The number of hydrogen-bond acceptors (Lipinski definition) is 4. The molecule has 0 saturated carbocycles. The van der Waals surface area contributed by atoms with Crippen LogP contribution in [0.5, 0.6) is 11.5 Å². The Balaban J connectivity index is 2.24. The van der Waals surface area contributed by atoms with Crippen LogP contribution in [0.3, 0.4) is 0 Å². The van der Waals surface area contributed by atoms with E-state index >= 15 is 0 Å². The quantitative estimate of drug-likeness (QED) is 0.673. The summed E-state index contributed by atoms with van der Waals surface area (Å²) in [6, 6.07) is 6.68. The van der Waals surface area contributed by atoms with E-state index in [9.17, 15) is 0 Å². The number of unbranched alkanes of at least 4 members (excludes halogenated alkanes) is 1. The zero-order chi connectivity index (χ0) is 15.7. The summed E-state index contributed by atoms with van der Waals surface area (Å²) < 4.78 is 10.6. The maximum atomic E-state index is 5.31. The number of benzene rings is 1. The molecule has 0 aromatic heterocycles. The molecule has 120 valence electrons. The fourth-order valence-corrected chi connectivity index (χ4v) is 2.09. The molecule has 0 aliphatic rings. The van der Waals surface area contributed by atoms with Crippen LogP contribution in [0.25, 0.3) is 0 Å². The first-order valence-electron chi connectivity index (χ1n) is 7.70. The first kappa shape index (κ1) is 17.8. The third kappa shape index (κ3) is 6.36. The monoisotopic (exact) mass is 294 g/mol. The Labute approximate surface area is 129 Å². The SMILES string of the molecule is COc1ccc(CNCCCCN(C)C(C)C)cc1OC. The molecule has 4 heteroatoms. The molecule has 0 heterocycles. The summed E-state index contributed by atoms with van der Waals surface area (Å²) in [7, 11) is 5.51. The van der Waals surface area contributed by atoms with Crippen molar-refractivity contribution < 1.29 is 9.47 Å². The van der Waals surface area contributed by atoms with E-state index in [1.54, 1.807) is 14.2 Å². The summed E-state index contributed by atoms with van der Waals surface area (Å²) in [5.41, 5.74) is 1.21. The minimum absolute atomic E-state index is 0.629. The van der Waals surface area contributed by atoms with Gasteiger partial charge in [0.05, 0.1) is 14.2 Å². The van der Waals surface area contributed by atoms with Crippen LogP contribution in [-0.4, -0.2) is 45.3 Å². The molecule has 0 radical (unpaired) electrons. The smallest absolute Gasteiger partial charge is 0.161 e. The third-order valence-corrected chi connectivity index (χ3v) is 3.77. The van der Waals surface area contributed by atoms with Crippen molar-refractivity contribution in [3.05, 3.63) is 23.8 Å². The van der Waals surface area contributed by atoms with Gasteiger partial charge >= 0.3 is 0 Å². The van der Waals surface area contributed by atoms with E-state index in [1.165, 1.54) is 18.4 Å². The molecule has 0 amide bonds. The Kier molecular flexibility index (Phi) is 8.16. The second-order valence-electron chi connectivity index (χ2n) is 5.65. The third-order valence-electron chi connectivity index (χ3n) is 3.77. The number of hydrogen-bond donors (Lipinski definition) is 1. The molecule has 0 saturated heterocycles. The van der Waals surface area contributed by atoms with Crippen LogP contribution in [0.1, 0.15) is 32.3 Å². The summed E-state index contributed by atoms with van der Waals surface area (Å²) >= 11 is 0. The van der Waals surface area contributed by atoms with Gasteiger partial charge in [-0.2, -0.15) is 0 Å². The van der Waals surface area contributed by atoms with Gasteiger partial charge in [-0.1, -0.05) is 6.07 Å². The van der Waals surface area contributed by atoms with Crippen molar-refractivity contribution in [3.63, 3.8) is 0 Å². The lowest BCUT2D eigenvalue weighted by Gasteiger charge is -2.20. The van der Waals surface area contributed by atoms with Crippen LogP contribution in [0.15, 0.2) is 18.2 Å². The second-order valence-corrected chi connectivity index (χ2v) is 5.65. The molecule has 21 heavy (non-hydrogen) atoms. The molecule has 0 unspecified atom stereocenters. The largest absolute Gasteiger partial charge is 0.493 e. The highest BCUT2D eigenvalue weighted by molar-refractivity contribution is 5.42. The Bertz CT molecular complexity index is 408. The van der Waals surface area contributed by atoms with Gasteiger partial charge in [0.25, 0.3) is 0 Å². The maximum Gasteiger partial charge on any atom is 0.161 e. The second kappa shape index (κ2) is 9.64. The Morgan fingerprint density at radius 2 is 1.81 bits per heavy atom. The topological polar surface area (TPSA) is 33.7 Å². The normalized spacial score (nSPS) is 11.2. The predicted octanol–water partition coefficient (Wildman–Crippen LogP) is 2.91. The molecule has 0 spiro atoms. The summed E-state index contributed by atoms with van der Waals surface area (Å²) in [5.74, 6) is 1.56. The van der Waals surface area contributed by atoms with Gasteiger partial charge in [0.1, 0.15) is 0 Å². The van der Waals surface area contributed by atoms with Crippen molar-refractivity contribution in [2.75, 3.05) is 34.4 Å². The van der Waals surface area contributed by atoms with Crippen LogP contribution in [-0.2, 0) is 6.54 Å². The average Bonchev–Trinajstić information content (AvgIpc) is 2.49. The highest BCUT2D eigenvalue weighted by atomic mass is 16.5. The van der Waals surface area contributed by atoms with Crippen molar-refractivity contribution in [2.24, 2.45) is 0 Å². The molecule has 1 N–H and O–H groups in total. The summed E-state index contributed by atoms with van der Waals surface area (Å²) in [6.07, 6.45) is 2.43. The van der Waals surface area contributed by atoms with Crippen LogP contribution in [0, 0.1) is 0 Å². The molecule has 1 rings (SSSR count). The number of ether oxygens (including phenoxy) is 2. The molecule has 0 atom stereocenters. The van der Waals surface area contributed by atoms with Crippen molar-refractivity contribution in [3.8, 4) is 11.5 Å². The van der Waals surface area contributed by atoms with Gasteiger partial charge in [-0.05, 0) is 64.5 Å². The van der Waals surface area contributed by atoms with Gasteiger partial charge in [0, 0.05) is 12.6 Å². The van der Waals surface area contributed by atoms with Crippen LogP contribution in [0.2, 0.25) is 0 Å². The van der Waals surface area contributed by atoms with Crippen molar-refractivity contribution in [2.45, 2.75) is 39.3 Å². The highest BCUT2D eigenvalue weighted by Crippen LogP contribution is 2.27. The lowest BCUT2D eigenvalue weighted by Crippen LogP contribution is -2.27. The lowest BCUT2D eigenvalue weighted by atomic mass is 10.2. The number of rotatable bonds is 10. The lowest BCUT2D eigenvalue weighted by molar-refractivity contribution is 0.268. The summed E-state index contributed by atoms with van der Waals surface area (Å²) in [5, 5.41) is 3.48. The van der Waals surface area contributed by atoms with Gasteiger partial charge in [-0.25, -0.2) is 0 Å². The fourth-order valence-electron chi connectivity index (χ4n) is 2.09. The van der Waals surface area contributed by atoms with Crippen molar-refractivity contribution >= 4 is 0 Å². The fraction of sp³-hybridized carbons (Fsp3) is 0.647. The molecular formula is C17H30N2O2. The van der Waals surface area contributed by atoms with E-state index in [0.717, 1.165) is 31.1 Å². The minimum Gasteiger partial charge on any atom is -0.493 e. The van der Waals surface area contributed by atoms with Crippen LogP contribution < -0.4 is 14.8 Å². The number of nitrogens with zero attached hydrogens (tertiary/aromatic N) is 1. The predicted molar refractivity (Wildman–Crippen MR) is 88.3 cm³/mol. The van der Waals surface area contributed by atoms with Crippen molar-refractivity contribution in [1.29, 1.82) is 0 Å². The molecule has 1 aromatic carbocycles. The number of methoxy groups -OCH3 is 2. The van der Waals surface area contributed by atoms with Gasteiger partial charge in [0.15, 0.2) is 11.5 Å². The van der Waals surface area contributed by atoms with Crippen molar-refractivity contribution in [1.82, 2.24) is 10.2 Å². The Morgan fingerprint density at radius 3 is 2.43 bits per heavy atom. The van der Waals surface area contributed by atoms with Gasteiger partial charge in [-0.3, -0.25) is 0 Å². The molecule has 0 aliphatic heterocycles. The van der Waals surface area contributed by atoms with E-state index in [1.807, 2.05) is 12.1 Å². The highest BCUT2D eigenvalue weighted by Gasteiger charge is 2.04. The van der Waals surface area contributed by atoms with E-state index < -0.39 is 0 Å². The molecule has 1 aromatic rings. The first-order chi connectivity index (χ1) is 10.1. The molecule has 0 aliphatic carbocycles. The first-order valence-corrected chi connectivity index (χ1v) is 7.70.